The molecule has 1 N–H and O–H groups in total. The van der Waals surface area contributed by atoms with Gasteiger partial charge in [-0.1, -0.05) is 28.5 Å². The molecule has 4 rings (SSSR count). The van der Waals surface area contributed by atoms with Crippen LogP contribution in [-0.4, -0.2) is 25.3 Å². The van der Waals surface area contributed by atoms with Gasteiger partial charge in [0.2, 0.25) is 5.16 Å². The van der Waals surface area contributed by atoms with E-state index in [0.717, 1.165) is 5.56 Å². The first-order chi connectivity index (χ1) is 13.1. The molecule has 0 spiro atoms. The monoisotopic (exact) mass is 401 g/mol. The molecule has 136 valence electrons. The maximum absolute atomic E-state index is 14.0. The predicted octanol–water partition coefficient (Wildman–Crippen LogP) is 5.17. The summed E-state index contributed by atoms with van der Waals surface area (Å²) in [5, 5.41) is 12.1. The summed E-state index contributed by atoms with van der Waals surface area (Å²) >= 11 is 7.36. The van der Waals surface area contributed by atoms with Crippen LogP contribution in [0.3, 0.4) is 0 Å². The van der Waals surface area contributed by atoms with Crippen LogP contribution in [-0.2, 0) is 0 Å². The number of nitrogens with one attached hydrogen (secondary N) is 1. The molecule has 1 atom stereocenters. The molecule has 9 heteroatoms. The molecule has 27 heavy (non-hydrogen) atoms. The lowest BCUT2D eigenvalue weighted by Crippen LogP contribution is -1.89. The molecule has 4 aromatic rings. The van der Waals surface area contributed by atoms with E-state index in [0.29, 0.717) is 27.5 Å². The Balaban J connectivity index is 1.51. The topological polar surface area (TPSA) is 80.5 Å². The van der Waals surface area contributed by atoms with E-state index in [9.17, 15) is 4.39 Å². The lowest BCUT2D eigenvalue weighted by Gasteiger charge is -2.02. The number of aromatic amines is 1. The van der Waals surface area contributed by atoms with E-state index in [2.05, 4.69) is 25.3 Å². The van der Waals surface area contributed by atoms with Crippen molar-refractivity contribution in [1.29, 1.82) is 0 Å². The average Bonchev–Trinajstić information content (AvgIpc) is 3.34. The van der Waals surface area contributed by atoms with Gasteiger partial charge >= 0.3 is 0 Å². The average molecular weight is 402 g/mol. The molecule has 1 aromatic carbocycles. The third-order valence-electron chi connectivity index (χ3n) is 3.84. The largest absolute Gasteiger partial charge is 0.356 e. The number of hydrogen-bond donors (Lipinski definition) is 1. The van der Waals surface area contributed by atoms with Crippen LogP contribution in [0.25, 0.3) is 22.7 Å². The first-order valence-electron chi connectivity index (χ1n) is 8.01. The Morgan fingerprint density at radius 2 is 2.00 bits per heavy atom. The second-order valence-electron chi connectivity index (χ2n) is 5.70. The highest BCUT2D eigenvalue weighted by molar-refractivity contribution is 7.99. The fourth-order valence-corrected chi connectivity index (χ4v) is 3.41. The minimum atomic E-state index is -0.418. The van der Waals surface area contributed by atoms with Crippen LogP contribution in [0, 0.1) is 5.82 Å². The minimum Gasteiger partial charge on any atom is -0.356 e. The van der Waals surface area contributed by atoms with Crippen LogP contribution in [0.2, 0.25) is 5.02 Å². The van der Waals surface area contributed by atoms with E-state index in [1.165, 1.54) is 30.0 Å². The van der Waals surface area contributed by atoms with E-state index in [1.807, 2.05) is 19.1 Å². The fraction of sp³-hybridized carbons (Fsp3) is 0.111. The van der Waals surface area contributed by atoms with Gasteiger partial charge in [0, 0.05) is 29.0 Å². The number of aromatic nitrogens is 5. The van der Waals surface area contributed by atoms with Crippen molar-refractivity contribution in [2.24, 2.45) is 0 Å². The molecule has 0 aliphatic rings. The Labute approximate surface area is 163 Å². The third kappa shape index (κ3) is 3.86. The molecule has 0 saturated carbocycles. The Bertz CT molecular complexity index is 1070. The zero-order chi connectivity index (χ0) is 18.8. The first kappa shape index (κ1) is 17.7. The smallest absolute Gasteiger partial charge is 0.209 e. The zero-order valence-electron chi connectivity index (χ0n) is 14.1. The maximum atomic E-state index is 14.0. The number of pyridine rings is 1. The van der Waals surface area contributed by atoms with Gasteiger partial charge in [-0.3, -0.25) is 10.1 Å². The van der Waals surface area contributed by atoms with Crippen molar-refractivity contribution < 1.29 is 8.91 Å². The van der Waals surface area contributed by atoms with Crippen LogP contribution in [0.15, 0.2) is 58.5 Å². The Hall–Kier alpha value is -2.71. The van der Waals surface area contributed by atoms with Gasteiger partial charge in [0.15, 0.2) is 11.6 Å². The summed E-state index contributed by atoms with van der Waals surface area (Å²) in [6.45, 7) is 1.95. The van der Waals surface area contributed by atoms with Crippen LogP contribution < -0.4 is 0 Å². The number of H-pyrrole nitrogens is 1. The molecule has 0 aliphatic carbocycles. The van der Waals surface area contributed by atoms with Crippen molar-refractivity contribution in [2.45, 2.75) is 17.3 Å². The summed E-state index contributed by atoms with van der Waals surface area (Å²) in [6.07, 6.45) is 3.39. The zero-order valence-corrected chi connectivity index (χ0v) is 15.6. The lowest BCUT2D eigenvalue weighted by atomic mass is 10.1. The van der Waals surface area contributed by atoms with Crippen molar-refractivity contribution in [1.82, 2.24) is 25.3 Å². The number of nitrogens with zero attached hydrogens (tertiary/aromatic N) is 4. The van der Waals surface area contributed by atoms with Gasteiger partial charge in [-0.25, -0.2) is 9.37 Å². The van der Waals surface area contributed by atoms with Gasteiger partial charge in [-0.15, -0.1) is 5.10 Å². The SMILES string of the molecule is CC(Sc1n[nH]c(-c2ccncc2)n1)c1cc(-c2cc(Cl)ccc2F)on1. The van der Waals surface area contributed by atoms with Gasteiger partial charge in [0.25, 0.3) is 0 Å². The highest BCUT2D eigenvalue weighted by atomic mass is 35.5. The van der Waals surface area contributed by atoms with E-state index in [-0.39, 0.29) is 10.8 Å². The molecule has 6 nitrogen and oxygen atoms in total. The van der Waals surface area contributed by atoms with Gasteiger partial charge in [0.05, 0.1) is 16.5 Å². The molecule has 0 fully saturated rings. The fourth-order valence-electron chi connectivity index (χ4n) is 2.45. The molecule has 0 bridgehead atoms. The van der Waals surface area contributed by atoms with Crippen LogP contribution in [0.4, 0.5) is 4.39 Å². The number of hydrogen-bond acceptors (Lipinski definition) is 6. The van der Waals surface area contributed by atoms with E-state index in [4.69, 9.17) is 16.1 Å². The molecule has 0 radical (unpaired) electrons. The minimum absolute atomic E-state index is 0.0918. The normalized spacial score (nSPS) is 12.3. The molecule has 0 saturated heterocycles. The molecule has 0 aliphatic heterocycles. The van der Waals surface area contributed by atoms with Gasteiger partial charge in [-0.2, -0.15) is 0 Å². The van der Waals surface area contributed by atoms with E-state index >= 15 is 0 Å². The third-order valence-corrected chi connectivity index (χ3v) is 5.06. The van der Waals surface area contributed by atoms with Crippen LogP contribution in [0.1, 0.15) is 17.9 Å². The number of benzene rings is 1. The first-order valence-corrected chi connectivity index (χ1v) is 9.27. The van der Waals surface area contributed by atoms with Crippen molar-refractivity contribution in [3.63, 3.8) is 0 Å². The maximum Gasteiger partial charge on any atom is 0.209 e. The Kier molecular flexibility index (Phi) is 4.91. The summed E-state index contributed by atoms with van der Waals surface area (Å²) in [4.78, 5) is 8.45. The number of rotatable bonds is 5. The van der Waals surface area contributed by atoms with Crippen molar-refractivity contribution in [3.8, 4) is 22.7 Å². The number of thioether (sulfide) groups is 1. The summed E-state index contributed by atoms with van der Waals surface area (Å²) in [5.41, 5.74) is 1.83. The molecular weight excluding hydrogens is 389 g/mol. The summed E-state index contributed by atoms with van der Waals surface area (Å²) in [7, 11) is 0. The standard InChI is InChI=1S/C18H13ClFN5OS/c1-10(27-18-22-17(23-24-18)11-4-6-21-7-5-11)15-9-16(26-25-15)13-8-12(19)2-3-14(13)20/h2-10H,1H3,(H,22,23,24). The summed E-state index contributed by atoms with van der Waals surface area (Å²) < 4.78 is 19.3. The Morgan fingerprint density at radius 3 is 2.81 bits per heavy atom. The number of halogens is 2. The highest BCUT2D eigenvalue weighted by Crippen LogP contribution is 2.35. The van der Waals surface area contributed by atoms with Crippen LogP contribution >= 0.6 is 23.4 Å². The highest BCUT2D eigenvalue weighted by Gasteiger charge is 2.18. The van der Waals surface area contributed by atoms with Crippen molar-refractivity contribution >= 4 is 23.4 Å². The summed E-state index contributed by atoms with van der Waals surface area (Å²) in [6, 6.07) is 9.69. The van der Waals surface area contributed by atoms with E-state index in [1.54, 1.807) is 18.5 Å². The molecule has 0 amide bonds. The van der Waals surface area contributed by atoms with Crippen LogP contribution in [0.5, 0.6) is 0 Å². The second-order valence-corrected chi connectivity index (χ2v) is 7.45. The van der Waals surface area contributed by atoms with Gasteiger partial charge in [-0.05, 0) is 37.3 Å². The summed E-state index contributed by atoms with van der Waals surface area (Å²) in [5.74, 6) is 0.567. The second kappa shape index (κ2) is 7.50. The molecule has 3 heterocycles. The molecule has 1 unspecified atom stereocenters. The van der Waals surface area contributed by atoms with Gasteiger partial charge < -0.3 is 4.52 Å². The predicted molar refractivity (Wildman–Crippen MR) is 101 cm³/mol. The van der Waals surface area contributed by atoms with Crippen molar-refractivity contribution in [2.75, 3.05) is 0 Å². The Morgan fingerprint density at radius 1 is 1.19 bits per heavy atom. The van der Waals surface area contributed by atoms with E-state index < -0.39 is 5.82 Å². The molecule has 3 aromatic heterocycles. The van der Waals surface area contributed by atoms with Gasteiger partial charge in [0.1, 0.15) is 5.82 Å². The quantitative estimate of drug-likeness (QED) is 0.465. The molecular formula is C18H13ClFN5OS. The lowest BCUT2D eigenvalue weighted by molar-refractivity contribution is 0.421. The van der Waals surface area contributed by atoms with Crippen molar-refractivity contribution in [3.05, 3.63) is 65.3 Å².